The van der Waals surface area contributed by atoms with Crippen LogP contribution in [0.2, 0.25) is 0 Å². The number of Topliss-reactive ketones (excluding diaryl/α,β-unsaturated/α-hetero) is 1. The van der Waals surface area contributed by atoms with Crippen LogP contribution in [-0.4, -0.2) is 135 Å². The quantitative estimate of drug-likeness (QED) is 0.168. The molecule has 0 radical (unpaired) electrons. The van der Waals surface area contributed by atoms with E-state index in [-0.39, 0.29) is 13.0 Å². The Labute approximate surface area is 189 Å². The second kappa shape index (κ2) is 10.8. The second-order valence-electron chi connectivity index (χ2n) is 8.61. The molecule has 3 rings (SSSR count). The number of hydrogen-bond acceptors (Lipinski definition) is 15. The fraction of sp³-hybridized carbons (Fsp3) is 0.944. The van der Waals surface area contributed by atoms with Crippen molar-refractivity contribution in [2.24, 2.45) is 22.9 Å². The minimum Gasteiger partial charge on any atom is -0.394 e. The van der Waals surface area contributed by atoms with Crippen LogP contribution in [0.4, 0.5) is 0 Å². The third-order valence-electron chi connectivity index (χ3n) is 6.32. The predicted molar refractivity (Wildman–Crippen MR) is 107 cm³/mol. The van der Waals surface area contributed by atoms with E-state index in [1.54, 1.807) is 0 Å². The van der Waals surface area contributed by atoms with Crippen molar-refractivity contribution in [1.82, 2.24) is 0 Å². The molecule has 14 atom stereocenters. The molecular formula is C18H34N4O11. The maximum absolute atomic E-state index is 12.4. The highest BCUT2D eigenvalue weighted by molar-refractivity contribution is 5.88. The number of aliphatic hydroxyl groups is 6. The lowest BCUT2D eigenvalue weighted by Gasteiger charge is -2.47. The van der Waals surface area contributed by atoms with E-state index >= 15 is 0 Å². The summed E-state index contributed by atoms with van der Waals surface area (Å²) in [6.07, 6.45) is -15.5. The van der Waals surface area contributed by atoms with Crippen LogP contribution in [-0.2, 0) is 23.7 Å². The standard InChI is InChI=1S/C18H34N4O11/c19-2-6-10(25)12(27)13(28)18(30-6)33-16-5(21)1-4(20)15(14(16)29)32-17-11(26)8(22)9(24)7(3-23)31-17/h4-10,12-18,23-25,27-29H,1-3,19-22H2/t4-,5+,6-,7-,8+,9-,10-,12+,13-,14-,15+,16-,17-,18-/m1/s1. The number of hydrogen-bond donors (Lipinski definition) is 10. The van der Waals surface area contributed by atoms with Crippen LogP contribution in [0.25, 0.3) is 0 Å². The maximum atomic E-state index is 12.4. The number of rotatable bonds is 6. The van der Waals surface area contributed by atoms with E-state index in [1.165, 1.54) is 0 Å². The molecule has 0 bridgehead atoms. The first-order chi connectivity index (χ1) is 15.5. The molecule has 2 aliphatic heterocycles. The van der Waals surface area contributed by atoms with Gasteiger partial charge in [-0.2, -0.15) is 0 Å². The summed E-state index contributed by atoms with van der Waals surface area (Å²) in [5.74, 6) is -0.812. The van der Waals surface area contributed by atoms with Crippen molar-refractivity contribution in [3.63, 3.8) is 0 Å². The summed E-state index contributed by atoms with van der Waals surface area (Å²) >= 11 is 0. The van der Waals surface area contributed by atoms with Crippen molar-refractivity contribution in [2.75, 3.05) is 13.2 Å². The van der Waals surface area contributed by atoms with Gasteiger partial charge in [-0.15, -0.1) is 0 Å². The summed E-state index contributed by atoms with van der Waals surface area (Å²) in [5, 5.41) is 60.4. The minimum absolute atomic E-state index is 0.0553. The molecule has 0 aromatic rings. The highest BCUT2D eigenvalue weighted by atomic mass is 16.7. The Morgan fingerprint density at radius 2 is 1.42 bits per heavy atom. The molecule has 14 N–H and O–H groups in total. The summed E-state index contributed by atoms with van der Waals surface area (Å²) in [6.45, 7) is -0.814. The Bertz CT molecular complexity index is 675. The first-order valence-electron chi connectivity index (χ1n) is 10.6. The van der Waals surface area contributed by atoms with Crippen molar-refractivity contribution >= 4 is 5.78 Å². The number of carbonyl (C=O) groups is 1. The smallest absolute Gasteiger partial charge is 0.220 e. The summed E-state index contributed by atoms with van der Waals surface area (Å²) in [6, 6.07) is -3.12. The van der Waals surface area contributed by atoms with Crippen molar-refractivity contribution < 1.29 is 54.4 Å². The molecule has 0 aromatic heterocycles. The maximum Gasteiger partial charge on any atom is 0.220 e. The average molecular weight is 482 g/mol. The third-order valence-corrected chi connectivity index (χ3v) is 6.32. The van der Waals surface area contributed by atoms with E-state index in [9.17, 15) is 35.4 Å². The number of ketones is 1. The van der Waals surface area contributed by atoms with Gasteiger partial charge in [0.15, 0.2) is 6.29 Å². The van der Waals surface area contributed by atoms with E-state index < -0.39 is 98.0 Å². The van der Waals surface area contributed by atoms with Crippen molar-refractivity contribution in [3.05, 3.63) is 0 Å². The molecule has 3 fully saturated rings. The van der Waals surface area contributed by atoms with Crippen LogP contribution in [0, 0.1) is 0 Å². The summed E-state index contributed by atoms with van der Waals surface area (Å²) < 4.78 is 22.0. The molecule has 192 valence electrons. The lowest BCUT2D eigenvalue weighted by molar-refractivity contribution is -0.323. The van der Waals surface area contributed by atoms with Gasteiger partial charge in [0.25, 0.3) is 0 Å². The van der Waals surface area contributed by atoms with Crippen LogP contribution in [0.3, 0.4) is 0 Å². The largest absolute Gasteiger partial charge is 0.394 e. The molecule has 1 aliphatic carbocycles. The zero-order valence-electron chi connectivity index (χ0n) is 17.7. The van der Waals surface area contributed by atoms with Gasteiger partial charge in [0, 0.05) is 18.6 Å². The van der Waals surface area contributed by atoms with Gasteiger partial charge < -0.3 is 72.5 Å². The summed E-state index contributed by atoms with van der Waals surface area (Å²) in [4.78, 5) is 12.4. The van der Waals surface area contributed by atoms with Gasteiger partial charge in [-0.1, -0.05) is 0 Å². The van der Waals surface area contributed by atoms with Crippen LogP contribution in [0.5, 0.6) is 0 Å². The van der Waals surface area contributed by atoms with E-state index in [0.717, 1.165) is 0 Å². The normalized spacial score (nSPS) is 51.5. The fourth-order valence-corrected chi connectivity index (χ4v) is 4.27. The second-order valence-corrected chi connectivity index (χ2v) is 8.61. The Morgan fingerprint density at radius 3 is 2.00 bits per heavy atom. The number of aliphatic hydroxyl groups excluding tert-OH is 6. The van der Waals surface area contributed by atoms with E-state index in [1.807, 2.05) is 0 Å². The number of ether oxygens (including phenoxy) is 4. The molecule has 3 aliphatic rings. The van der Waals surface area contributed by atoms with Gasteiger partial charge in [0.05, 0.1) is 12.6 Å². The number of carbonyl (C=O) groups excluding carboxylic acids is 1. The lowest BCUT2D eigenvalue weighted by atomic mass is 9.84. The SMILES string of the molecule is NC[C@H]1O[C@H](O[C@H]2[C@H](O)[C@@H](O[C@H]3O[C@H](CO)[C@@H](O)[C@H](N)C3=O)[C@H](N)C[C@@H]2N)[C@H](O)[C@@H](O)[C@@H]1O. The van der Waals surface area contributed by atoms with Crippen molar-refractivity contribution in [2.45, 2.75) is 92.1 Å². The molecule has 0 aromatic carbocycles. The zero-order chi connectivity index (χ0) is 24.6. The molecular weight excluding hydrogens is 448 g/mol. The first-order valence-corrected chi connectivity index (χ1v) is 10.6. The molecule has 2 heterocycles. The lowest BCUT2D eigenvalue weighted by Crippen LogP contribution is -2.68. The third kappa shape index (κ3) is 5.21. The van der Waals surface area contributed by atoms with Crippen LogP contribution >= 0.6 is 0 Å². The van der Waals surface area contributed by atoms with Crippen LogP contribution < -0.4 is 22.9 Å². The van der Waals surface area contributed by atoms with Gasteiger partial charge in [0.1, 0.15) is 54.9 Å². The topological polar surface area (TPSA) is 279 Å². The molecule has 0 amide bonds. The van der Waals surface area contributed by atoms with Crippen LogP contribution in [0.15, 0.2) is 0 Å². The monoisotopic (exact) mass is 482 g/mol. The molecule has 15 nitrogen and oxygen atoms in total. The zero-order valence-corrected chi connectivity index (χ0v) is 17.7. The fourth-order valence-electron chi connectivity index (χ4n) is 4.27. The molecule has 15 heteroatoms. The Balaban J connectivity index is 1.73. The van der Waals surface area contributed by atoms with Gasteiger partial charge in [-0.3, -0.25) is 4.79 Å². The summed E-state index contributed by atoms with van der Waals surface area (Å²) in [5.41, 5.74) is 23.4. The van der Waals surface area contributed by atoms with Gasteiger partial charge in [0.2, 0.25) is 12.1 Å². The van der Waals surface area contributed by atoms with Gasteiger partial charge in [-0.05, 0) is 6.42 Å². The molecule has 0 unspecified atom stereocenters. The Hall–Kier alpha value is -0.890. The molecule has 0 spiro atoms. The molecule has 33 heavy (non-hydrogen) atoms. The predicted octanol–water partition coefficient (Wildman–Crippen LogP) is -7.08. The molecule has 2 saturated heterocycles. The minimum atomic E-state index is -1.68. The highest BCUT2D eigenvalue weighted by Crippen LogP contribution is 2.30. The van der Waals surface area contributed by atoms with Crippen LogP contribution in [0.1, 0.15) is 6.42 Å². The average Bonchev–Trinajstić information content (AvgIpc) is 2.79. The molecule has 1 saturated carbocycles. The van der Waals surface area contributed by atoms with E-state index in [2.05, 4.69) is 0 Å². The van der Waals surface area contributed by atoms with Gasteiger partial charge in [-0.25, -0.2) is 0 Å². The Morgan fingerprint density at radius 1 is 0.818 bits per heavy atom. The van der Waals surface area contributed by atoms with Gasteiger partial charge >= 0.3 is 0 Å². The highest BCUT2D eigenvalue weighted by Gasteiger charge is 2.51. The van der Waals surface area contributed by atoms with E-state index in [4.69, 9.17) is 41.9 Å². The van der Waals surface area contributed by atoms with Crippen molar-refractivity contribution in [3.8, 4) is 0 Å². The van der Waals surface area contributed by atoms with Crippen molar-refractivity contribution in [1.29, 1.82) is 0 Å². The summed E-state index contributed by atoms with van der Waals surface area (Å²) in [7, 11) is 0. The number of nitrogens with two attached hydrogens (primary N) is 4. The van der Waals surface area contributed by atoms with E-state index in [0.29, 0.717) is 0 Å². The Kier molecular flexibility index (Phi) is 8.74. The first kappa shape index (κ1) is 26.7.